The largest absolute Gasteiger partial charge is 0.457 e. The van der Waals surface area contributed by atoms with Gasteiger partial charge in [-0.15, -0.1) is 11.3 Å². The Kier molecular flexibility index (Phi) is 5.73. The number of rotatable bonds is 4. The van der Waals surface area contributed by atoms with Crippen molar-refractivity contribution in [3.8, 4) is 0 Å². The number of hydrogen-bond acceptors (Lipinski definition) is 7. The van der Waals surface area contributed by atoms with Crippen LogP contribution in [0.2, 0.25) is 0 Å². The molecule has 2 aromatic heterocycles. The molecule has 4 heterocycles. The molecule has 9 heteroatoms. The first-order valence-electron chi connectivity index (χ1n) is 11.6. The molecule has 4 aromatic rings. The molecule has 0 spiro atoms. The van der Waals surface area contributed by atoms with Crippen molar-refractivity contribution in [1.29, 1.82) is 0 Å². The maximum absolute atomic E-state index is 14.0. The average molecular weight is 528 g/mol. The van der Waals surface area contributed by atoms with E-state index in [0.29, 0.717) is 31.7 Å². The molecule has 0 aliphatic carbocycles. The second kappa shape index (κ2) is 9.10. The topological polar surface area (TPSA) is 81.0 Å². The number of hydrogen-bond donors (Lipinski definition) is 0. The Morgan fingerprint density at radius 3 is 2.54 bits per heavy atom. The molecule has 1 atom stereocenters. The fourth-order valence-corrected chi connectivity index (χ4v) is 6.70. The van der Waals surface area contributed by atoms with Gasteiger partial charge in [-0.25, -0.2) is 9.79 Å². The van der Waals surface area contributed by atoms with E-state index in [4.69, 9.17) is 4.74 Å². The van der Waals surface area contributed by atoms with Gasteiger partial charge in [0.05, 0.1) is 22.5 Å². The van der Waals surface area contributed by atoms with Crippen LogP contribution in [0.3, 0.4) is 0 Å². The standard InChI is InChI=1S/C28H21N3O4S2/c1-16-21(27(34)35-15-17-9-4-3-5-10-17)23(20-13-8-14-36-20)31-26(33)24(37-28(31)29-16)22-18-11-6-7-12-19(18)30(2)25(22)32/h3-14,23H,15H2,1-2H3. The number of benzene rings is 2. The number of para-hydroxylation sites is 1. The third kappa shape index (κ3) is 3.78. The second-order valence-electron chi connectivity index (χ2n) is 8.74. The minimum atomic E-state index is -0.696. The number of amides is 1. The predicted octanol–water partition coefficient (Wildman–Crippen LogP) is 3.39. The summed E-state index contributed by atoms with van der Waals surface area (Å²) in [6, 6.07) is 19.9. The number of esters is 1. The van der Waals surface area contributed by atoms with Crippen LogP contribution in [0.25, 0.3) is 5.57 Å². The summed E-state index contributed by atoms with van der Waals surface area (Å²) >= 11 is 2.62. The molecule has 2 aliphatic heterocycles. The molecule has 0 radical (unpaired) electrons. The zero-order valence-corrected chi connectivity index (χ0v) is 21.6. The highest BCUT2D eigenvalue weighted by atomic mass is 32.1. The first kappa shape index (κ1) is 23.3. The van der Waals surface area contributed by atoms with Crippen molar-refractivity contribution in [2.45, 2.75) is 19.6 Å². The Hall–Kier alpha value is -4.08. The van der Waals surface area contributed by atoms with Crippen molar-refractivity contribution >= 4 is 45.8 Å². The number of thiazole rings is 1. The maximum atomic E-state index is 14.0. The molecule has 2 aliphatic rings. The lowest BCUT2D eigenvalue weighted by Crippen LogP contribution is -2.40. The fourth-order valence-electron chi connectivity index (χ4n) is 4.74. The van der Waals surface area contributed by atoms with E-state index < -0.39 is 12.0 Å². The van der Waals surface area contributed by atoms with E-state index >= 15 is 0 Å². The van der Waals surface area contributed by atoms with Crippen LogP contribution in [0.15, 0.2) is 93.2 Å². The number of carbonyl (C=O) groups is 2. The minimum absolute atomic E-state index is 0.111. The van der Waals surface area contributed by atoms with E-state index in [-0.39, 0.29) is 18.1 Å². The first-order valence-corrected chi connectivity index (χ1v) is 13.3. The number of ether oxygens (including phenoxy) is 1. The van der Waals surface area contributed by atoms with Gasteiger partial charge < -0.3 is 9.64 Å². The van der Waals surface area contributed by atoms with Crippen molar-refractivity contribution in [2.24, 2.45) is 4.99 Å². The molecule has 184 valence electrons. The van der Waals surface area contributed by atoms with Gasteiger partial charge in [-0.05, 0) is 30.0 Å². The number of carbonyl (C=O) groups excluding carboxylic acids is 2. The molecule has 37 heavy (non-hydrogen) atoms. The summed E-state index contributed by atoms with van der Waals surface area (Å²) in [4.78, 5) is 48.1. The minimum Gasteiger partial charge on any atom is -0.457 e. The first-order chi connectivity index (χ1) is 18.0. The van der Waals surface area contributed by atoms with Crippen LogP contribution in [-0.4, -0.2) is 23.5 Å². The molecule has 1 unspecified atom stereocenters. The van der Waals surface area contributed by atoms with Crippen molar-refractivity contribution in [2.75, 3.05) is 11.9 Å². The van der Waals surface area contributed by atoms with Crippen LogP contribution in [0.4, 0.5) is 5.69 Å². The van der Waals surface area contributed by atoms with Crippen molar-refractivity contribution < 1.29 is 14.3 Å². The van der Waals surface area contributed by atoms with Gasteiger partial charge in [-0.2, -0.15) is 0 Å². The van der Waals surface area contributed by atoms with Gasteiger partial charge in [0, 0.05) is 17.5 Å². The van der Waals surface area contributed by atoms with Gasteiger partial charge in [-0.3, -0.25) is 14.2 Å². The molecule has 0 saturated carbocycles. The van der Waals surface area contributed by atoms with Gasteiger partial charge >= 0.3 is 5.97 Å². The number of nitrogens with zero attached hydrogens (tertiary/aromatic N) is 3. The van der Waals surface area contributed by atoms with E-state index in [2.05, 4.69) is 4.99 Å². The lowest BCUT2D eigenvalue weighted by atomic mass is 10.0. The number of fused-ring (bicyclic) bond motifs is 2. The summed E-state index contributed by atoms with van der Waals surface area (Å²) in [6.07, 6.45) is 0. The molecular weight excluding hydrogens is 506 g/mol. The summed E-state index contributed by atoms with van der Waals surface area (Å²) in [5.74, 6) is -0.763. The molecule has 0 N–H and O–H groups in total. The highest BCUT2D eigenvalue weighted by Gasteiger charge is 2.36. The lowest BCUT2D eigenvalue weighted by molar-refractivity contribution is -0.140. The number of thiophene rings is 1. The van der Waals surface area contributed by atoms with Gasteiger partial charge in [-0.1, -0.05) is 65.9 Å². The van der Waals surface area contributed by atoms with E-state index in [9.17, 15) is 14.4 Å². The lowest BCUT2D eigenvalue weighted by Gasteiger charge is -2.23. The second-order valence-corrected chi connectivity index (χ2v) is 10.7. The molecular formula is C28H21N3O4S2. The summed E-state index contributed by atoms with van der Waals surface area (Å²) in [5, 5.41) is 1.90. The van der Waals surface area contributed by atoms with Crippen LogP contribution >= 0.6 is 22.7 Å². The Balaban J connectivity index is 1.51. The fraction of sp³-hybridized carbons (Fsp3) is 0.143. The molecule has 0 bridgehead atoms. The zero-order valence-electron chi connectivity index (χ0n) is 20.0. The quantitative estimate of drug-likeness (QED) is 0.381. The summed E-state index contributed by atoms with van der Waals surface area (Å²) < 4.78 is 7.52. The number of allylic oxidation sites excluding steroid dienone is 1. The summed E-state index contributed by atoms with van der Waals surface area (Å²) in [5.41, 5.74) is 3.15. The summed E-state index contributed by atoms with van der Waals surface area (Å²) in [7, 11) is 1.70. The van der Waals surface area contributed by atoms with Crippen molar-refractivity contribution in [3.05, 3.63) is 119 Å². The van der Waals surface area contributed by atoms with Gasteiger partial charge in [0.1, 0.15) is 17.2 Å². The van der Waals surface area contributed by atoms with Crippen LogP contribution in [0.5, 0.6) is 0 Å². The molecule has 6 rings (SSSR count). The van der Waals surface area contributed by atoms with Crippen LogP contribution < -0.4 is 19.8 Å². The van der Waals surface area contributed by atoms with Crippen LogP contribution in [0, 0.1) is 0 Å². The Morgan fingerprint density at radius 1 is 1.03 bits per heavy atom. The number of aromatic nitrogens is 1. The van der Waals surface area contributed by atoms with Gasteiger partial charge in [0.2, 0.25) is 0 Å². The normalized spacial score (nSPS) is 17.9. The van der Waals surface area contributed by atoms with Crippen molar-refractivity contribution in [1.82, 2.24) is 4.57 Å². The van der Waals surface area contributed by atoms with E-state index in [1.807, 2.05) is 72.1 Å². The molecule has 0 fully saturated rings. The third-order valence-corrected chi connectivity index (χ3v) is 8.50. The maximum Gasteiger partial charge on any atom is 0.338 e. The van der Waals surface area contributed by atoms with Gasteiger partial charge in [0.25, 0.3) is 11.5 Å². The highest BCUT2D eigenvalue weighted by Crippen LogP contribution is 2.35. The molecule has 2 aromatic carbocycles. The van der Waals surface area contributed by atoms with Crippen LogP contribution in [-0.2, 0) is 20.9 Å². The molecule has 0 saturated heterocycles. The van der Waals surface area contributed by atoms with E-state index in [0.717, 1.165) is 16.1 Å². The molecule has 7 nitrogen and oxygen atoms in total. The van der Waals surface area contributed by atoms with E-state index in [1.54, 1.807) is 18.9 Å². The highest BCUT2D eigenvalue weighted by molar-refractivity contribution is 7.10. The monoisotopic (exact) mass is 527 g/mol. The number of likely N-dealkylation sites (N-methyl/N-ethyl adjacent to an activating group) is 1. The summed E-state index contributed by atoms with van der Waals surface area (Å²) in [6.45, 7) is 1.86. The van der Waals surface area contributed by atoms with Gasteiger partial charge in [0.15, 0.2) is 4.80 Å². The third-order valence-electron chi connectivity index (χ3n) is 6.52. The SMILES string of the molecule is CC1=C(C(=O)OCc2ccccc2)C(c2cccs2)n2c(sc(=C3C(=O)N(C)c4ccccc43)c2=O)=N1. The van der Waals surface area contributed by atoms with E-state index in [1.165, 1.54) is 27.2 Å². The van der Waals surface area contributed by atoms with Crippen LogP contribution in [0.1, 0.15) is 29.0 Å². The average Bonchev–Trinajstić information content (AvgIpc) is 3.61. The Bertz CT molecular complexity index is 1770. The number of anilines is 1. The zero-order chi connectivity index (χ0) is 25.7. The Morgan fingerprint density at radius 2 is 1.78 bits per heavy atom. The predicted molar refractivity (Wildman–Crippen MR) is 143 cm³/mol. The Labute approximate surface area is 219 Å². The molecule has 1 amide bonds. The smallest absolute Gasteiger partial charge is 0.338 e. The van der Waals surface area contributed by atoms with Crippen molar-refractivity contribution in [3.63, 3.8) is 0 Å².